The maximum Gasteiger partial charge on any atom is 0.275 e. The second-order valence-corrected chi connectivity index (χ2v) is 11.2. The minimum atomic E-state index is -0.289. The molecule has 0 spiro atoms. The van der Waals surface area contributed by atoms with Crippen LogP contribution in [0.2, 0.25) is 0 Å². The van der Waals surface area contributed by atoms with Crippen LogP contribution in [-0.4, -0.2) is 69.4 Å². The van der Waals surface area contributed by atoms with E-state index in [-0.39, 0.29) is 12.1 Å². The van der Waals surface area contributed by atoms with Crippen molar-refractivity contribution >= 4 is 35.1 Å². The first-order valence-corrected chi connectivity index (χ1v) is 13.9. The fraction of sp³-hybridized carbons (Fsp3) is 0.480. The number of nitrogens with zero attached hydrogens (tertiary/aromatic N) is 7. The lowest BCUT2D eigenvalue weighted by atomic mass is 10.2. The molecule has 2 saturated carbocycles. The topological polar surface area (TPSA) is 116 Å². The van der Waals surface area contributed by atoms with Crippen LogP contribution in [0.1, 0.15) is 59.0 Å². The summed E-state index contributed by atoms with van der Waals surface area (Å²) in [5.41, 5.74) is 9.28. The van der Waals surface area contributed by atoms with Crippen LogP contribution in [-0.2, 0) is 0 Å². The van der Waals surface area contributed by atoms with Gasteiger partial charge in [0.25, 0.3) is 5.91 Å². The van der Waals surface area contributed by atoms with Gasteiger partial charge in [0.15, 0.2) is 6.17 Å². The molecule has 4 aliphatic rings. The van der Waals surface area contributed by atoms with Crippen molar-refractivity contribution in [3.8, 4) is 5.69 Å². The van der Waals surface area contributed by atoms with Gasteiger partial charge in [-0.2, -0.15) is 0 Å². The number of aliphatic imine (C=N–C) groups is 1. The highest BCUT2D eigenvalue weighted by Gasteiger charge is 2.29. The summed E-state index contributed by atoms with van der Waals surface area (Å²) in [4.78, 5) is 36.1. The quantitative estimate of drug-likeness (QED) is 0.417. The zero-order valence-electron chi connectivity index (χ0n) is 20.5. The number of aromatic nitrogens is 4. The fourth-order valence-electron chi connectivity index (χ4n) is 4.95. The average Bonchev–Trinajstić information content (AvgIpc) is 3.74. The van der Waals surface area contributed by atoms with Crippen molar-refractivity contribution in [1.29, 1.82) is 0 Å². The van der Waals surface area contributed by atoms with E-state index in [2.05, 4.69) is 56.7 Å². The smallest absolute Gasteiger partial charge is 0.275 e. The van der Waals surface area contributed by atoms with E-state index in [1.54, 1.807) is 6.34 Å². The Labute approximate surface area is 219 Å². The van der Waals surface area contributed by atoms with Gasteiger partial charge in [-0.05, 0) is 37.7 Å². The first-order valence-electron chi connectivity index (χ1n) is 13.0. The molecule has 37 heavy (non-hydrogen) atoms. The normalized spacial score (nSPS) is 21.8. The molecular weight excluding hydrogens is 488 g/mol. The van der Waals surface area contributed by atoms with Gasteiger partial charge in [0.05, 0.1) is 35.9 Å². The van der Waals surface area contributed by atoms with Gasteiger partial charge in [0.2, 0.25) is 0 Å². The van der Waals surface area contributed by atoms with Gasteiger partial charge in [-0.3, -0.25) is 9.69 Å². The summed E-state index contributed by atoms with van der Waals surface area (Å²) in [6.07, 6.45) is 12.3. The standard InChI is InChI=1S/C25H30N10OS/c36-24(30-22-13-37-25(31-22)23-27-14-29-32-23)18-9-20(35-12-19(28-15-35)17-3-4-17)21(10-26-18)34-7-5-33(6-8-34)11-16-1-2-16/h9-10,12-17,23,32H,1-8,11H2,(H,27,29)(H,30,36). The maximum absolute atomic E-state index is 13.2. The molecule has 12 heteroatoms. The highest BCUT2D eigenvalue weighted by Crippen LogP contribution is 2.39. The van der Waals surface area contributed by atoms with E-state index in [0.29, 0.717) is 17.4 Å². The number of anilines is 2. The molecule has 1 unspecified atom stereocenters. The molecule has 3 fully saturated rings. The number of hydrogen-bond donors (Lipinski definition) is 3. The molecule has 1 saturated heterocycles. The van der Waals surface area contributed by atoms with Crippen LogP contribution in [0.15, 0.2) is 35.2 Å². The number of piperazine rings is 1. The van der Waals surface area contributed by atoms with E-state index < -0.39 is 0 Å². The summed E-state index contributed by atoms with van der Waals surface area (Å²) in [6, 6.07) is 1.87. The van der Waals surface area contributed by atoms with Crippen LogP contribution >= 0.6 is 11.3 Å². The molecule has 0 radical (unpaired) electrons. The number of carbonyl (C=O) groups is 1. The Kier molecular flexibility index (Phi) is 5.86. The zero-order chi connectivity index (χ0) is 24.8. The van der Waals surface area contributed by atoms with Gasteiger partial charge in [-0.15, -0.1) is 11.3 Å². The minimum absolute atomic E-state index is 0.244. The molecule has 0 aromatic carbocycles. The van der Waals surface area contributed by atoms with E-state index in [1.807, 2.05) is 24.0 Å². The van der Waals surface area contributed by atoms with Gasteiger partial charge in [-0.1, -0.05) is 0 Å². The van der Waals surface area contributed by atoms with E-state index in [9.17, 15) is 4.79 Å². The van der Waals surface area contributed by atoms with Crippen molar-refractivity contribution in [1.82, 2.24) is 35.3 Å². The van der Waals surface area contributed by atoms with Gasteiger partial charge in [0, 0.05) is 50.2 Å². The molecule has 7 rings (SSSR count). The van der Waals surface area contributed by atoms with Gasteiger partial charge >= 0.3 is 0 Å². The summed E-state index contributed by atoms with van der Waals surface area (Å²) in [7, 11) is 0. The Balaban J connectivity index is 1.12. The van der Waals surface area contributed by atoms with E-state index in [4.69, 9.17) is 0 Å². The number of hydrogen-bond acceptors (Lipinski definition) is 10. The van der Waals surface area contributed by atoms with Gasteiger partial charge in [-0.25, -0.2) is 25.4 Å². The van der Waals surface area contributed by atoms with Crippen molar-refractivity contribution < 1.29 is 4.79 Å². The van der Waals surface area contributed by atoms with E-state index in [1.165, 1.54) is 43.6 Å². The predicted molar refractivity (Wildman–Crippen MR) is 142 cm³/mol. The molecule has 2 aliphatic carbocycles. The number of amides is 1. The van der Waals surface area contributed by atoms with E-state index in [0.717, 1.165) is 54.2 Å². The molecule has 5 heterocycles. The molecule has 3 N–H and O–H groups in total. The third-order valence-corrected chi connectivity index (χ3v) is 8.30. The summed E-state index contributed by atoms with van der Waals surface area (Å²) < 4.78 is 2.05. The number of nitrogens with one attached hydrogen (secondary N) is 3. The Bertz CT molecular complexity index is 1320. The summed E-state index contributed by atoms with van der Waals surface area (Å²) >= 11 is 1.44. The van der Waals surface area contributed by atoms with Crippen molar-refractivity contribution in [2.75, 3.05) is 42.9 Å². The second-order valence-electron chi connectivity index (χ2n) is 10.3. The van der Waals surface area contributed by atoms with Crippen LogP contribution < -0.4 is 21.1 Å². The lowest BCUT2D eigenvalue weighted by molar-refractivity contribution is 0.102. The molecule has 192 valence electrons. The van der Waals surface area contributed by atoms with Crippen LogP contribution in [0.4, 0.5) is 11.5 Å². The fourth-order valence-corrected chi connectivity index (χ4v) is 5.69. The van der Waals surface area contributed by atoms with Crippen molar-refractivity contribution in [2.24, 2.45) is 10.9 Å². The maximum atomic E-state index is 13.2. The van der Waals surface area contributed by atoms with Crippen LogP contribution in [0, 0.1) is 5.92 Å². The van der Waals surface area contributed by atoms with Gasteiger partial charge < -0.3 is 20.2 Å². The zero-order valence-corrected chi connectivity index (χ0v) is 21.3. The number of thiazole rings is 1. The lowest BCUT2D eigenvalue weighted by Gasteiger charge is -2.36. The minimum Gasteiger partial charge on any atom is -0.366 e. The third-order valence-electron chi connectivity index (χ3n) is 7.40. The Morgan fingerprint density at radius 2 is 1.97 bits per heavy atom. The predicted octanol–water partition coefficient (Wildman–Crippen LogP) is 2.52. The molecule has 11 nitrogen and oxygen atoms in total. The van der Waals surface area contributed by atoms with Crippen LogP contribution in [0.25, 0.3) is 5.69 Å². The number of rotatable bonds is 8. The third kappa shape index (κ3) is 4.96. The highest BCUT2D eigenvalue weighted by atomic mass is 32.1. The molecule has 0 bridgehead atoms. The lowest BCUT2D eigenvalue weighted by Crippen LogP contribution is -2.47. The molecule has 1 amide bonds. The summed E-state index contributed by atoms with van der Waals surface area (Å²) in [6.45, 7) is 5.23. The molecule has 1 atom stereocenters. The Morgan fingerprint density at radius 3 is 2.73 bits per heavy atom. The van der Waals surface area contributed by atoms with Crippen molar-refractivity contribution in [3.63, 3.8) is 0 Å². The first-order chi connectivity index (χ1) is 18.2. The highest BCUT2D eigenvalue weighted by molar-refractivity contribution is 7.10. The largest absolute Gasteiger partial charge is 0.366 e. The summed E-state index contributed by atoms with van der Waals surface area (Å²) in [5, 5.41) is 5.48. The molecular formula is C25H30N10OS. The monoisotopic (exact) mass is 518 g/mol. The average molecular weight is 519 g/mol. The Hall–Kier alpha value is -3.35. The number of carbonyl (C=O) groups excluding carboxylic acids is 1. The van der Waals surface area contributed by atoms with E-state index >= 15 is 0 Å². The number of pyridine rings is 1. The molecule has 2 aliphatic heterocycles. The number of imidazole rings is 1. The van der Waals surface area contributed by atoms with Gasteiger partial charge in [0.1, 0.15) is 16.5 Å². The first kappa shape index (κ1) is 22.8. The summed E-state index contributed by atoms with van der Waals surface area (Å²) in [5.74, 6) is 1.67. The van der Waals surface area contributed by atoms with Crippen LogP contribution in [0.5, 0.6) is 0 Å². The number of hydrazine groups is 1. The van der Waals surface area contributed by atoms with Crippen LogP contribution in [0.3, 0.4) is 0 Å². The molecule has 3 aromatic heterocycles. The SMILES string of the molecule is O=C(Nc1csc(C2N=CNN2)n1)c1cc(-n2cnc(C3CC3)c2)c(N2CCN(CC3CC3)CC2)cn1. The van der Waals surface area contributed by atoms with Crippen molar-refractivity contribution in [2.45, 2.75) is 37.8 Å². The molecule has 3 aromatic rings. The Morgan fingerprint density at radius 1 is 1.11 bits per heavy atom. The van der Waals surface area contributed by atoms with Crippen molar-refractivity contribution in [3.05, 3.63) is 46.6 Å². The second kappa shape index (κ2) is 9.51.